The molecule has 0 radical (unpaired) electrons. The van der Waals surface area contributed by atoms with Gasteiger partial charge in [0.2, 0.25) is 0 Å². The van der Waals surface area contributed by atoms with Gasteiger partial charge in [0.25, 0.3) is 0 Å². The van der Waals surface area contributed by atoms with Gasteiger partial charge in [-0.2, -0.15) is 0 Å². The van der Waals surface area contributed by atoms with Gasteiger partial charge < -0.3 is 9.05 Å². The van der Waals surface area contributed by atoms with E-state index < -0.39 is 7.60 Å². The minimum atomic E-state index is -2.91. The van der Waals surface area contributed by atoms with Crippen LogP contribution >= 0.6 is 7.60 Å². The van der Waals surface area contributed by atoms with E-state index in [1.807, 2.05) is 27.7 Å². The van der Waals surface area contributed by atoms with E-state index >= 15 is 0 Å². The Balaban J connectivity index is 4.28. The summed E-state index contributed by atoms with van der Waals surface area (Å²) in [5.74, 6) is 0. The van der Waals surface area contributed by atoms with Crippen molar-refractivity contribution in [3.63, 3.8) is 0 Å². The molecular formula is C15H33O3P. The molecule has 0 spiro atoms. The molecule has 0 saturated heterocycles. The first-order chi connectivity index (χ1) is 8.97. The molecule has 0 amide bonds. The Bertz CT molecular complexity index is 240. The van der Waals surface area contributed by atoms with Crippen molar-refractivity contribution in [3.8, 4) is 0 Å². The van der Waals surface area contributed by atoms with Crippen molar-refractivity contribution in [3.05, 3.63) is 0 Å². The van der Waals surface area contributed by atoms with Crippen LogP contribution in [0.25, 0.3) is 0 Å². The Morgan fingerprint density at radius 3 is 1.74 bits per heavy atom. The molecule has 0 fully saturated rings. The molecule has 0 aliphatic carbocycles. The van der Waals surface area contributed by atoms with Crippen LogP contribution in [0.2, 0.25) is 0 Å². The summed E-state index contributed by atoms with van der Waals surface area (Å²) >= 11 is 0. The van der Waals surface area contributed by atoms with Crippen molar-refractivity contribution in [2.24, 2.45) is 0 Å². The van der Waals surface area contributed by atoms with E-state index in [4.69, 9.17) is 9.05 Å². The number of hydrogen-bond acceptors (Lipinski definition) is 3. The van der Waals surface area contributed by atoms with E-state index in [1.54, 1.807) is 0 Å². The summed E-state index contributed by atoms with van der Waals surface area (Å²) in [7, 11) is -2.91. The van der Waals surface area contributed by atoms with Crippen LogP contribution in [-0.4, -0.2) is 18.4 Å². The van der Waals surface area contributed by atoms with Gasteiger partial charge in [0, 0.05) is 0 Å². The van der Waals surface area contributed by atoms with E-state index in [9.17, 15) is 4.57 Å². The van der Waals surface area contributed by atoms with Crippen molar-refractivity contribution >= 4 is 7.60 Å². The number of unbranched alkanes of at least 4 members (excludes halogenated alkanes) is 4. The minimum absolute atomic E-state index is 0.00512. The predicted molar refractivity (Wildman–Crippen MR) is 82.9 cm³/mol. The lowest BCUT2D eigenvalue weighted by Crippen LogP contribution is -2.13. The van der Waals surface area contributed by atoms with Crippen LogP contribution in [-0.2, 0) is 13.6 Å². The van der Waals surface area contributed by atoms with Crippen molar-refractivity contribution in [2.45, 2.75) is 91.8 Å². The lowest BCUT2D eigenvalue weighted by molar-refractivity contribution is 0.123. The molecule has 0 heterocycles. The van der Waals surface area contributed by atoms with E-state index in [1.165, 1.54) is 19.3 Å². The van der Waals surface area contributed by atoms with Crippen LogP contribution in [0.4, 0.5) is 0 Å². The monoisotopic (exact) mass is 292 g/mol. The molecule has 0 aliphatic rings. The molecule has 0 saturated carbocycles. The smallest absolute Gasteiger partial charge is 0.306 e. The largest absolute Gasteiger partial charge is 0.331 e. The fraction of sp³-hybridized carbons (Fsp3) is 1.00. The Hall–Kier alpha value is 0.150. The Morgan fingerprint density at radius 1 is 0.842 bits per heavy atom. The first-order valence-electron chi connectivity index (χ1n) is 7.93. The zero-order chi connectivity index (χ0) is 14.7. The van der Waals surface area contributed by atoms with Crippen LogP contribution in [0.15, 0.2) is 0 Å². The highest BCUT2D eigenvalue weighted by molar-refractivity contribution is 7.53. The first-order valence-corrected chi connectivity index (χ1v) is 9.66. The molecule has 3 nitrogen and oxygen atoms in total. The summed E-state index contributed by atoms with van der Waals surface area (Å²) in [6, 6.07) is 0. The van der Waals surface area contributed by atoms with Gasteiger partial charge in [-0.15, -0.1) is 0 Å². The Kier molecular flexibility index (Phi) is 11.0. The fourth-order valence-corrected chi connectivity index (χ4v) is 4.00. The zero-order valence-corrected chi connectivity index (χ0v) is 14.4. The summed E-state index contributed by atoms with van der Waals surface area (Å²) in [5, 5.41) is 0. The highest BCUT2D eigenvalue weighted by Crippen LogP contribution is 2.51. The van der Waals surface area contributed by atoms with Crippen LogP contribution in [0.1, 0.15) is 79.6 Å². The van der Waals surface area contributed by atoms with Gasteiger partial charge in [0.15, 0.2) is 0 Å². The third kappa shape index (κ3) is 9.65. The summed E-state index contributed by atoms with van der Waals surface area (Å²) < 4.78 is 24.1. The Morgan fingerprint density at radius 2 is 1.32 bits per heavy atom. The van der Waals surface area contributed by atoms with Gasteiger partial charge in [-0.25, -0.2) is 0 Å². The average molecular weight is 292 g/mol. The molecule has 0 rings (SSSR count). The first kappa shape index (κ1) is 19.1. The molecule has 0 aromatic rings. The maximum absolute atomic E-state index is 12.7. The quantitative estimate of drug-likeness (QED) is 0.338. The van der Waals surface area contributed by atoms with Crippen LogP contribution < -0.4 is 0 Å². The molecule has 0 bridgehead atoms. The molecule has 116 valence electrons. The summed E-state index contributed by atoms with van der Waals surface area (Å²) in [5.41, 5.74) is 0. The van der Waals surface area contributed by atoms with Crippen LogP contribution in [0.3, 0.4) is 0 Å². The highest BCUT2D eigenvalue weighted by Gasteiger charge is 2.28. The molecule has 2 unspecified atom stereocenters. The summed E-state index contributed by atoms with van der Waals surface area (Å²) in [4.78, 5) is 0. The molecule has 19 heavy (non-hydrogen) atoms. The second kappa shape index (κ2) is 10.9. The summed E-state index contributed by atoms with van der Waals surface area (Å²) in [6.07, 6.45) is 8.04. The lowest BCUT2D eigenvalue weighted by Gasteiger charge is -2.24. The average Bonchev–Trinajstić information content (AvgIpc) is 2.38. The standard InChI is InChI=1S/C15H33O3P/c1-6-9-10-11-12-13-19(16,17-14(4)7-2)18-15(5)8-3/h14-15H,6-13H2,1-5H3. The second-order valence-corrected chi connectivity index (χ2v) is 7.49. The van der Waals surface area contributed by atoms with Crippen molar-refractivity contribution in [1.82, 2.24) is 0 Å². The van der Waals surface area contributed by atoms with Crippen LogP contribution in [0, 0.1) is 0 Å². The molecule has 4 heteroatoms. The van der Waals surface area contributed by atoms with Crippen molar-refractivity contribution < 1.29 is 13.6 Å². The van der Waals surface area contributed by atoms with Gasteiger partial charge in [-0.1, -0.05) is 46.5 Å². The van der Waals surface area contributed by atoms with Crippen LogP contribution in [0.5, 0.6) is 0 Å². The Labute approximate surface area is 120 Å². The van der Waals surface area contributed by atoms with Gasteiger partial charge in [-0.3, -0.25) is 4.57 Å². The van der Waals surface area contributed by atoms with Crippen molar-refractivity contribution in [1.29, 1.82) is 0 Å². The maximum Gasteiger partial charge on any atom is 0.331 e. The molecule has 0 N–H and O–H groups in total. The summed E-state index contributed by atoms with van der Waals surface area (Å²) in [6.45, 7) is 10.2. The minimum Gasteiger partial charge on any atom is -0.306 e. The highest BCUT2D eigenvalue weighted by atomic mass is 31.2. The van der Waals surface area contributed by atoms with E-state index in [2.05, 4.69) is 6.92 Å². The SMILES string of the molecule is CCCCCCCP(=O)(OC(C)CC)OC(C)CC. The molecule has 0 aliphatic heterocycles. The van der Waals surface area contributed by atoms with E-state index in [0.29, 0.717) is 6.16 Å². The van der Waals surface area contributed by atoms with Gasteiger partial charge in [0.05, 0.1) is 18.4 Å². The third-order valence-electron chi connectivity index (χ3n) is 3.37. The number of rotatable bonds is 12. The van der Waals surface area contributed by atoms with Gasteiger partial charge in [0.1, 0.15) is 0 Å². The topological polar surface area (TPSA) is 35.5 Å². The molecule has 0 aromatic heterocycles. The third-order valence-corrected chi connectivity index (χ3v) is 5.59. The molecular weight excluding hydrogens is 259 g/mol. The predicted octanol–water partition coefficient (Wildman–Crippen LogP) is 5.78. The number of hydrogen-bond donors (Lipinski definition) is 0. The van der Waals surface area contributed by atoms with E-state index in [0.717, 1.165) is 25.7 Å². The van der Waals surface area contributed by atoms with Gasteiger partial charge >= 0.3 is 7.60 Å². The maximum atomic E-state index is 12.7. The van der Waals surface area contributed by atoms with Gasteiger partial charge in [-0.05, 0) is 33.1 Å². The fourth-order valence-electron chi connectivity index (χ4n) is 1.74. The lowest BCUT2D eigenvalue weighted by atomic mass is 10.2. The second-order valence-electron chi connectivity index (χ2n) is 5.40. The molecule has 2 atom stereocenters. The zero-order valence-electron chi connectivity index (χ0n) is 13.5. The normalized spacial score (nSPS) is 17.9. The van der Waals surface area contributed by atoms with E-state index in [-0.39, 0.29) is 12.2 Å². The van der Waals surface area contributed by atoms with Crippen molar-refractivity contribution in [2.75, 3.05) is 6.16 Å². The molecule has 0 aromatic carbocycles.